The predicted octanol–water partition coefficient (Wildman–Crippen LogP) is 3.19. The molecule has 0 saturated carbocycles. The van der Waals surface area contributed by atoms with E-state index in [2.05, 4.69) is 0 Å². The number of halogens is 2. The highest BCUT2D eigenvalue weighted by molar-refractivity contribution is 7.80. The molecule has 6 heteroatoms. The summed E-state index contributed by atoms with van der Waals surface area (Å²) in [4.78, 5) is 0.240. The lowest BCUT2D eigenvalue weighted by atomic mass is 10.2. The Morgan fingerprint density at radius 2 is 1.90 bits per heavy atom. The normalized spacial score (nSPS) is 10.2. The SMILES string of the molecule is COc1cc(C(N)=S)ccc1OCc1ccc(F)cc1F. The van der Waals surface area contributed by atoms with Gasteiger partial charge in [0.05, 0.1) is 7.11 Å². The third-order valence-electron chi connectivity index (χ3n) is 2.85. The molecule has 0 aliphatic heterocycles. The van der Waals surface area contributed by atoms with E-state index in [0.29, 0.717) is 17.1 Å². The highest BCUT2D eigenvalue weighted by atomic mass is 32.1. The van der Waals surface area contributed by atoms with Gasteiger partial charge in [-0.05, 0) is 30.3 Å². The van der Waals surface area contributed by atoms with E-state index in [4.69, 9.17) is 27.4 Å². The summed E-state index contributed by atoms with van der Waals surface area (Å²) in [5.74, 6) is -0.438. The molecule has 0 aromatic heterocycles. The molecule has 0 heterocycles. The molecule has 2 aromatic rings. The number of thiocarbonyl (C=S) groups is 1. The first-order valence-corrected chi connectivity index (χ1v) is 6.46. The predicted molar refractivity (Wildman–Crippen MR) is 79.6 cm³/mol. The molecule has 0 radical (unpaired) electrons. The van der Waals surface area contributed by atoms with Crippen LogP contribution >= 0.6 is 12.2 Å². The van der Waals surface area contributed by atoms with E-state index in [0.717, 1.165) is 6.07 Å². The molecule has 3 nitrogen and oxygen atoms in total. The summed E-state index contributed by atoms with van der Waals surface area (Å²) in [5, 5.41) is 0. The van der Waals surface area contributed by atoms with Gasteiger partial charge in [0.15, 0.2) is 11.5 Å². The quantitative estimate of drug-likeness (QED) is 0.862. The first kappa shape index (κ1) is 15.2. The van der Waals surface area contributed by atoms with Crippen LogP contribution in [-0.2, 0) is 6.61 Å². The maximum atomic E-state index is 13.5. The van der Waals surface area contributed by atoms with Crippen molar-refractivity contribution in [2.24, 2.45) is 5.73 Å². The van der Waals surface area contributed by atoms with Gasteiger partial charge in [0.2, 0.25) is 0 Å². The molecule has 110 valence electrons. The van der Waals surface area contributed by atoms with Crippen LogP contribution in [0.15, 0.2) is 36.4 Å². The summed E-state index contributed by atoms with van der Waals surface area (Å²) < 4.78 is 37.0. The number of nitrogens with two attached hydrogens (primary N) is 1. The molecular weight excluding hydrogens is 296 g/mol. The molecule has 0 amide bonds. The highest BCUT2D eigenvalue weighted by Gasteiger charge is 2.09. The van der Waals surface area contributed by atoms with Crippen LogP contribution in [0.5, 0.6) is 11.5 Å². The van der Waals surface area contributed by atoms with Crippen molar-refractivity contribution in [3.8, 4) is 11.5 Å². The average Bonchev–Trinajstić information content (AvgIpc) is 2.46. The van der Waals surface area contributed by atoms with Crippen molar-refractivity contribution in [3.63, 3.8) is 0 Å². The van der Waals surface area contributed by atoms with E-state index in [-0.39, 0.29) is 17.2 Å². The van der Waals surface area contributed by atoms with Gasteiger partial charge in [0.25, 0.3) is 0 Å². The molecule has 2 N–H and O–H groups in total. The Bertz CT molecular complexity index is 677. The van der Waals surface area contributed by atoms with Crippen molar-refractivity contribution in [2.75, 3.05) is 7.11 Å². The first-order valence-electron chi connectivity index (χ1n) is 6.06. The van der Waals surface area contributed by atoms with Crippen LogP contribution in [0.4, 0.5) is 8.78 Å². The number of hydrogen-bond donors (Lipinski definition) is 1. The number of hydrogen-bond acceptors (Lipinski definition) is 3. The average molecular weight is 309 g/mol. The third kappa shape index (κ3) is 3.66. The fraction of sp³-hybridized carbons (Fsp3) is 0.133. The van der Waals surface area contributed by atoms with Crippen LogP contribution in [0.3, 0.4) is 0 Å². The fourth-order valence-corrected chi connectivity index (χ4v) is 1.86. The maximum Gasteiger partial charge on any atom is 0.161 e. The Kier molecular flexibility index (Phi) is 4.70. The van der Waals surface area contributed by atoms with Crippen molar-refractivity contribution in [2.45, 2.75) is 6.61 Å². The monoisotopic (exact) mass is 309 g/mol. The van der Waals surface area contributed by atoms with E-state index in [1.165, 1.54) is 19.2 Å². The van der Waals surface area contributed by atoms with Crippen LogP contribution in [-0.4, -0.2) is 12.1 Å². The van der Waals surface area contributed by atoms with Crippen LogP contribution in [0, 0.1) is 11.6 Å². The molecular formula is C15H13F2NO2S. The third-order valence-corrected chi connectivity index (χ3v) is 3.08. The van der Waals surface area contributed by atoms with E-state index in [1.807, 2.05) is 0 Å². The highest BCUT2D eigenvalue weighted by Crippen LogP contribution is 2.29. The fourth-order valence-electron chi connectivity index (χ4n) is 1.73. The molecule has 2 aromatic carbocycles. The van der Waals surface area contributed by atoms with Gasteiger partial charge in [-0.1, -0.05) is 12.2 Å². The number of benzene rings is 2. The van der Waals surface area contributed by atoms with Gasteiger partial charge >= 0.3 is 0 Å². The molecule has 0 bridgehead atoms. The lowest BCUT2D eigenvalue weighted by Crippen LogP contribution is -2.09. The zero-order valence-electron chi connectivity index (χ0n) is 11.2. The molecule has 0 atom stereocenters. The van der Waals surface area contributed by atoms with Gasteiger partial charge in [-0.3, -0.25) is 0 Å². The Morgan fingerprint density at radius 3 is 2.52 bits per heavy atom. The second-order valence-electron chi connectivity index (χ2n) is 4.25. The maximum absolute atomic E-state index is 13.5. The smallest absolute Gasteiger partial charge is 0.161 e. The summed E-state index contributed by atoms with van der Waals surface area (Å²) in [7, 11) is 1.48. The minimum Gasteiger partial charge on any atom is -0.493 e. The van der Waals surface area contributed by atoms with Crippen LogP contribution in [0.2, 0.25) is 0 Å². The molecule has 0 fully saturated rings. The van der Waals surface area contributed by atoms with E-state index in [9.17, 15) is 8.78 Å². The molecule has 2 rings (SSSR count). The van der Waals surface area contributed by atoms with Gasteiger partial charge in [-0.2, -0.15) is 0 Å². The van der Waals surface area contributed by atoms with Crippen molar-refractivity contribution in [1.82, 2.24) is 0 Å². The number of ether oxygens (including phenoxy) is 2. The topological polar surface area (TPSA) is 44.5 Å². The Morgan fingerprint density at radius 1 is 1.14 bits per heavy atom. The van der Waals surface area contributed by atoms with E-state index >= 15 is 0 Å². The molecule has 0 spiro atoms. The van der Waals surface area contributed by atoms with Crippen LogP contribution in [0.1, 0.15) is 11.1 Å². The Balaban J connectivity index is 2.17. The summed E-state index contributed by atoms with van der Waals surface area (Å²) in [6, 6.07) is 8.27. The van der Waals surface area contributed by atoms with Crippen molar-refractivity contribution in [3.05, 3.63) is 59.2 Å². The number of rotatable bonds is 5. The van der Waals surface area contributed by atoms with Gasteiger partial charge in [0.1, 0.15) is 23.2 Å². The number of methoxy groups -OCH3 is 1. The first-order chi connectivity index (χ1) is 10.0. The summed E-state index contributed by atoms with van der Waals surface area (Å²) >= 11 is 4.88. The lowest BCUT2D eigenvalue weighted by molar-refractivity contribution is 0.279. The molecule has 0 saturated heterocycles. The Hall–Kier alpha value is -2.21. The van der Waals surface area contributed by atoms with Gasteiger partial charge in [0, 0.05) is 17.2 Å². The zero-order valence-corrected chi connectivity index (χ0v) is 12.0. The second kappa shape index (κ2) is 6.49. The second-order valence-corrected chi connectivity index (χ2v) is 4.69. The summed E-state index contributed by atoms with van der Waals surface area (Å²) in [6.07, 6.45) is 0. The van der Waals surface area contributed by atoms with Crippen molar-refractivity contribution < 1.29 is 18.3 Å². The van der Waals surface area contributed by atoms with Gasteiger partial charge in [-0.25, -0.2) is 8.78 Å². The van der Waals surface area contributed by atoms with Crippen LogP contribution < -0.4 is 15.2 Å². The largest absolute Gasteiger partial charge is 0.493 e. The van der Waals surface area contributed by atoms with E-state index in [1.54, 1.807) is 18.2 Å². The summed E-state index contributed by atoms with van der Waals surface area (Å²) in [6.45, 7) is -0.0467. The van der Waals surface area contributed by atoms with Gasteiger partial charge in [-0.15, -0.1) is 0 Å². The van der Waals surface area contributed by atoms with E-state index < -0.39 is 11.6 Å². The lowest BCUT2D eigenvalue weighted by Gasteiger charge is -2.12. The van der Waals surface area contributed by atoms with Crippen LogP contribution in [0.25, 0.3) is 0 Å². The standard InChI is InChI=1S/C15H13F2NO2S/c1-19-14-6-9(15(18)21)3-5-13(14)20-8-10-2-4-11(16)7-12(10)17/h2-7H,8H2,1H3,(H2,18,21). The Labute approximate surface area is 126 Å². The zero-order chi connectivity index (χ0) is 15.4. The molecule has 0 aliphatic rings. The van der Waals surface area contributed by atoms with Crippen molar-refractivity contribution >= 4 is 17.2 Å². The minimum absolute atomic E-state index is 0.0467. The molecule has 0 unspecified atom stereocenters. The summed E-state index contributed by atoms with van der Waals surface area (Å²) in [5.41, 5.74) is 6.42. The van der Waals surface area contributed by atoms with Crippen molar-refractivity contribution in [1.29, 1.82) is 0 Å². The minimum atomic E-state index is -0.659. The molecule has 0 aliphatic carbocycles. The van der Waals surface area contributed by atoms with Gasteiger partial charge < -0.3 is 15.2 Å². The molecule has 21 heavy (non-hydrogen) atoms.